The highest BCUT2D eigenvalue weighted by molar-refractivity contribution is 6.04. The van der Waals surface area contributed by atoms with Gasteiger partial charge in [-0.25, -0.2) is 4.68 Å². The first-order chi connectivity index (χ1) is 18.6. The van der Waals surface area contributed by atoms with Crippen LogP contribution in [0.15, 0.2) is 48.8 Å². The average molecular weight is 540 g/mol. The molecule has 9 nitrogen and oxygen atoms in total. The Morgan fingerprint density at radius 1 is 1.10 bits per heavy atom. The third-order valence-corrected chi connectivity index (χ3v) is 6.89. The minimum absolute atomic E-state index is 0.0651. The van der Waals surface area contributed by atoms with Crippen molar-refractivity contribution in [3.8, 4) is 16.9 Å². The molecule has 2 aromatic carbocycles. The van der Waals surface area contributed by atoms with Crippen LogP contribution in [-0.2, 0) is 24.5 Å². The largest absolute Gasteiger partial charge is 0.416 e. The predicted octanol–water partition coefficient (Wildman–Crippen LogP) is 4.39. The van der Waals surface area contributed by atoms with Gasteiger partial charge in [0.2, 0.25) is 0 Å². The maximum atomic E-state index is 13.9. The van der Waals surface area contributed by atoms with Crippen LogP contribution in [0.5, 0.6) is 0 Å². The zero-order valence-electron chi connectivity index (χ0n) is 21.8. The molecule has 1 N–H and O–H groups in total. The summed E-state index contributed by atoms with van der Waals surface area (Å²) in [6.45, 7) is 6.08. The number of aryl methyl sites for hydroxylation is 2. The second-order valence-corrected chi connectivity index (χ2v) is 9.53. The smallest absolute Gasteiger partial charge is 0.379 e. The van der Waals surface area contributed by atoms with Crippen LogP contribution >= 0.6 is 0 Å². The van der Waals surface area contributed by atoms with E-state index >= 15 is 0 Å². The van der Waals surface area contributed by atoms with Crippen LogP contribution in [0.1, 0.15) is 32.7 Å². The van der Waals surface area contributed by atoms with E-state index < -0.39 is 17.6 Å². The van der Waals surface area contributed by atoms with E-state index in [4.69, 9.17) is 4.74 Å². The number of anilines is 1. The lowest BCUT2D eigenvalue weighted by molar-refractivity contribution is -0.138. The van der Waals surface area contributed by atoms with Gasteiger partial charge in [-0.1, -0.05) is 17.3 Å². The van der Waals surface area contributed by atoms with Gasteiger partial charge in [0.1, 0.15) is 5.69 Å². The molecule has 4 aromatic rings. The van der Waals surface area contributed by atoms with E-state index in [0.717, 1.165) is 22.9 Å². The van der Waals surface area contributed by atoms with E-state index in [0.29, 0.717) is 37.7 Å². The predicted molar refractivity (Wildman–Crippen MR) is 139 cm³/mol. The second kappa shape index (κ2) is 10.6. The number of rotatable bonds is 6. The summed E-state index contributed by atoms with van der Waals surface area (Å²) in [5.74, 6) is -0.534. The number of alkyl halides is 3. The molecular weight excluding hydrogens is 511 g/mol. The number of nitrogens with one attached hydrogen (secondary N) is 1. The highest BCUT2D eigenvalue weighted by Gasteiger charge is 2.34. The molecule has 0 spiro atoms. The highest BCUT2D eigenvalue weighted by atomic mass is 19.4. The van der Waals surface area contributed by atoms with Gasteiger partial charge < -0.3 is 10.1 Å². The molecule has 3 heterocycles. The Labute approximate surface area is 223 Å². The van der Waals surface area contributed by atoms with Crippen molar-refractivity contribution in [2.45, 2.75) is 26.6 Å². The van der Waals surface area contributed by atoms with Crippen LogP contribution in [0.3, 0.4) is 0 Å². The van der Waals surface area contributed by atoms with Gasteiger partial charge in [-0.2, -0.15) is 18.3 Å². The number of aromatic nitrogens is 5. The molecule has 0 unspecified atom stereocenters. The first kappa shape index (κ1) is 26.6. The maximum Gasteiger partial charge on any atom is 0.416 e. The Bertz CT molecular complexity index is 1500. The lowest BCUT2D eigenvalue weighted by Gasteiger charge is -2.27. The summed E-state index contributed by atoms with van der Waals surface area (Å²) in [7, 11) is 1.84. The van der Waals surface area contributed by atoms with E-state index in [9.17, 15) is 18.0 Å². The molecule has 1 aliphatic rings. The quantitative estimate of drug-likeness (QED) is 0.391. The van der Waals surface area contributed by atoms with E-state index in [1.165, 1.54) is 12.1 Å². The molecule has 0 atom stereocenters. The van der Waals surface area contributed by atoms with E-state index in [-0.39, 0.29) is 23.4 Å². The second-order valence-electron chi connectivity index (χ2n) is 9.53. The Morgan fingerprint density at radius 3 is 2.56 bits per heavy atom. The molecule has 1 aliphatic heterocycles. The van der Waals surface area contributed by atoms with Crippen molar-refractivity contribution in [1.29, 1.82) is 0 Å². The van der Waals surface area contributed by atoms with Gasteiger partial charge in [0, 0.05) is 49.2 Å². The summed E-state index contributed by atoms with van der Waals surface area (Å²) in [4.78, 5) is 15.0. The van der Waals surface area contributed by atoms with Crippen molar-refractivity contribution in [3.63, 3.8) is 0 Å². The lowest BCUT2D eigenvalue weighted by atomic mass is 10.0. The van der Waals surface area contributed by atoms with Crippen molar-refractivity contribution in [2.24, 2.45) is 7.05 Å². The SMILES string of the molecule is Cc1ccc(C(=O)Nc2ccc(CN3CCOCC3)c(C(F)(F)F)c2)cc1-n1cc(-c2cnn(C)c2C)nn1. The molecular formula is C27H28F3N7O2. The number of carbonyl (C=O) groups excluding carboxylic acids is 1. The standard InChI is InChI=1S/C27H28F3N7O2/c1-17-4-5-19(12-25(17)37-16-24(33-34-37)22-14-31-35(3)18(22)2)26(38)32-21-7-6-20(23(13-21)27(28,29)30)15-36-8-10-39-11-9-36/h4-7,12-14,16H,8-11,15H2,1-3H3,(H,32,38). The molecule has 1 fully saturated rings. The van der Waals surface area contributed by atoms with Crippen molar-refractivity contribution in [1.82, 2.24) is 29.7 Å². The minimum atomic E-state index is -4.56. The van der Waals surface area contributed by atoms with Gasteiger partial charge in [0.25, 0.3) is 5.91 Å². The van der Waals surface area contributed by atoms with Crippen molar-refractivity contribution >= 4 is 11.6 Å². The summed E-state index contributed by atoms with van der Waals surface area (Å²) in [5.41, 5.74) is 3.60. The fourth-order valence-corrected chi connectivity index (χ4v) is 4.51. The van der Waals surface area contributed by atoms with Crippen molar-refractivity contribution in [3.05, 3.63) is 76.7 Å². The normalized spacial score (nSPS) is 14.5. The number of nitrogens with zero attached hydrogens (tertiary/aromatic N) is 6. The van der Waals surface area contributed by atoms with Gasteiger partial charge in [-0.15, -0.1) is 5.10 Å². The van der Waals surface area contributed by atoms with Gasteiger partial charge in [0.15, 0.2) is 0 Å². The molecule has 1 amide bonds. The first-order valence-electron chi connectivity index (χ1n) is 12.4. The third-order valence-electron chi connectivity index (χ3n) is 6.89. The van der Waals surface area contributed by atoms with Crippen LogP contribution in [-0.4, -0.2) is 61.9 Å². The number of carbonyl (C=O) groups is 1. The Hall–Kier alpha value is -4.03. The Morgan fingerprint density at radius 2 is 1.87 bits per heavy atom. The molecule has 5 rings (SSSR count). The zero-order chi connectivity index (χ0) is 27.7. The van der Waals surface area contributed by atoms with Crippen LogP contribution in [0.2, 0.25) is 0 Å². The summed E-state index contributed by atoms with van der Waals surface area (Å²) in [6, 6.07) is 8.92. The molecule has 1 saturated heterocycles. The monoisotopic (exact) mass is 539 g/mol. The third kappa shape index (κ3) is 5.71. The molecule has 2 aromatic heterocycles. The molecule has 12 heteroatoms. The van der Waals surface area contributed by atoms with Crippen LogP contribution < -0.4 is 5.32 Å². The molecule has 204 valence electrons. The van der Waals surface area contributed by atoms with Crippen molar-refractivity contribution in [2.75, 3.05) is 31.6 Å². The van der Waals surface area contributed by atoms with Crippen LogP contribution in [0.4, 0.5) is 18.9 Å². The number of ether oxygens (including phenoxy) is 1. The van der Waals surface area contributed by atoms with Gasteiger partial charge in [-0.05, 0) is 49.2 Å². The van der Waals surface area contributed by atoms with Crippen molar-refractivity contribution < 1.29 is 22.7 Å². The molecule has 0 bridgehead atoms. The van der Waals surface area contributed by atoms with Crippen LogP contribution in [0.25, 0.3) is 16.9 Å². The number of benzene rings is 2. The number of morpholine rings is 1. The highest BCUT2D eigenvalue weighted by Crippen LogP contribution is 2.35. The maximum absolute atomic E-state index is 13.9. The van der Waals surface area contributed by atoms with Gasteiger partial charge in [-0.3, -0.25) is 14.4 Å². The average Bonchev–Trinajstić information content (AvgIpc) is 3.51. The fraction of sp³-hybridized carbons (Fsp3) is 0.333. The Kier molecular flexibility index (Phi) is 7.23. The number of hydrogen-bond donors (Lipinski definition) is 1. The van der Waals surface area contributed by atoms with E-state index in [1.807, 2.05) is 25.8 Å². The lowest BCUT2D eigenvalue weighted by Crippen LogP contribution is -2.36. The van der Waals surface area contributed by atoms with Gasteiger partial charge >= 0.3 is 6.18 Å². The minimum Gasteiger partial charge on any atom is -0.379 e. The number of halogens is 3. The molecule has 0 radical (unpaired) electrons. The van der Waals surface area contributed by atoms with E-state index in [1.54, 1.807) is 40.0 Å². The first-order valence-corrected chi connectivity index (χ1v) is 12.4. The molecule has 0 saturated carbocycles. The number of hydrogen-bond acceptors (Lipinski definition) is 6. The summed E-state index contributed by atoms with van der Waals surface area (Å²) < 4.78 is 50.3. The summed E-state index contributed by atoms with van der Waals surface area (Å²) in [6.07, 6.45) is -1.10. The van der Waals surface area contributed by atoms with Crippen LogP contribution in [0, 0.1) is 13.8 Å². The zero-order valence-corrected chi connectivity index (χ0v) is 21.8. The molecule has 0 aliphatic carbocycles. The number of amides is 1. The summed E-state index contributed by atoms with van der Waals surface area (Å²) >= 11 is 0. The fourth-order valence-electron chi connectivity index (χ4n) is 4.51. The Balaban J connectivity index is 1.37. The van der Waals surface area contributed by atoms with E-state index in [2.05, 4.69) is 20.7 Å². The van der Waals surface area contributed by atoms with Gasteiger partial charge in [0.05, 0.1) is 36.9 Å². The molecule has 39 heavy (non-hydrogen) atoms. The topological polar surface area (TPSA) is 90.1 Å². The summed E-state index contributed by atoms with van der Waals surface area (Å²) in [5, 5.41) is 15.3.